The molecule has 1 aromatic carbocycles. The van der Waals surface area contributed by atoms with Crippen molar-refractivity contribution in [2.75, 3.05) is 0 Å². The smallest absolute Gasteiger partial charge is 0.194 e. The number of Topliss-reactive ketones (excluding diaryl/α,β-unsaturated/α-hetero) is 1. The average molecular weight is 258 g/mol. The van der Waals surface area contributed by atoms with Crippen LogP contribution in [0, 0.1) is 23.3 Å². The van der Waals surface area contributed by atoms with Gasteiger partial charge in [0.2, 0.25) is 0 Å². The summed E-state index contributed by atoms with van der Waals surface area (Å²) in [5.74, 6) is -7.30. The quantitative estimate of drug-likeness (QED) is 0.467. The minimum absolute atomic E-state index is 0.100. The molecule has 0 unspecified atom stereocenters. The molecule has 2 rings (SSSR count). The monoisotopic (exact) mass is 258 g/mol. The van der Waals surface area contributed by atoms with Crippen LogP contribution in [0.5, 0.6) is 0 Å². The zero-order chi connectivity index (χ0) is 13.4. The van der Waals surface area contributed by atoms with E-state index >= 15 is 0 Å². The van der Waals surface area contributed by atoms with Crippen LogP contribution in [0.15, 0.2) is 22.6 Å². The van der Waals surface area contributed by atoms with Gasteiger partial charge in [0.1, 0.15) is 5.76 Å². The molecule has 0 bridgehead atoms. The summed E-state index contributed by atoms with van der Waals surface area (Å²) < 4.78 is 57.6. The van der Waals surface area contributed by atoms with Crippen LogP contribution >= 0.6 is 0 Å². The van der Waals surface area contributed by atoms with Gasteiger partial charge in [-0.3, -0.25) is 4.79 Å². The maximum atomic E-state index is 13.4. The van der Waals surface area contributed by atoms with Crippen molar-refractivity contribution in [3.05, 3.63) is 47.2 Å². The third-order valence-electron chi connectivity index (χ3n) is 2.31. The standard InChI is InChI=1S/C12H6F4O2/c1-5(17)8-2-3-9(18-8)10-11(15)6(13)4-7(14)12(10)16/h2-4H,1H3. The Morgan fingerprint density at radius 1 is 1.06 bits per heavy atom. The Labute approximate surface area is 98.8 Å². The Kier molecular flexibility index (Phi) is 2.94. The molecule has 2 aromatic rings. The summed E-state index contributed by atoms with van der Waals surface area (Å²) >= 11 is 0. The van der Waals surface area contributed by atoms with Crippen LogP contribution in [-0.2, 0) is 0 Å². The summed E-state index contributed by atoms with van der Waals surface area (Å²) in [4.78, 5) is 11.0. The lowest BCUT2D eigenvalue weighted by molar-refractivity contribution is 0.0988. The van der Waals surface area contributed by atoms with Crippen molar-refractivity contribution in [1.82, 2.24) is 0 Å². The van der Waals surface area contributed by atoms with Crippen LogP contribution in [-0.4, -0.2) is 5.78 Å². The fraction of sp³-hybridized carbons (Fsp3) is 0.0833. The molecule has 0 saturated carbocycles. The molecule has 0 aliphatic heterocycles. The Bertz CT molecular complexity index is 605. The van der Waals surface area contributed by atoms with Crippen molar-refractivity contribution in [3.8, 4) is 11.3 Å². The second kappa shape index (κ2) is 4.29. The van der Waals surface area contributed by atoms with Gasteiger partial charge in [0.15, 0.2) is 34.8 Å². The Balaban J connectivity index is 2.66. The summed E-state index contributed by atoms with van der Waals surface area (Å²) in [6.07, 6.45) is 0. The number of furan rings is 1. The van der Waals surface area contributed by atoms with Gasteiger partial charge in [-0.1, -0.05) is 0 Å². The van der Waals surface area contributed by atoms with E-state index in [0.29, 0.717) is 0 Å². The number of benzene rings is 1. The van der Waals surface area contributed by atoms with E-state index in [1.165, 1.54) is 13.0 Å². The molecule has 0 radical (unpaired) electrons. The van der Waals surface area contributed by atoms with Gasteiger partial charge < -0.3 is 4.42 Å². The summed E-state index contributed by atoms with van der Waals surface area (Å²) in [5.41, 5.74) is -0.972. The molecule has 0 spiro atoms. The van der Waals surface area contributed by atoms with Crippen molar-refractivity contribution >= 4 is 5.78 Å². The van der Waals surface area contributed by atoms with E-state index in [-0.39, 0.29) is 11.8 Å². The lowest BCUT2D eigenvalue weighted by Crippen LogP contribution is -1.97. The summed E-state index contributed by atoms with van der Waals surface area (Å²) in [6.45, 7) is 1.18. The highest BCUT2D eigenvalue weighted by molar-refractivity contribution is 5.91. The Morgan fingerprint density at radius 3 is 2.06 bits per heavy atom. The molecule has 0 aliphatic carbocycles. The first-order valence-corrected chi connectivity index (χ1v) is 4.86. The van der Waals surface area contributed by atoms with Gasteiger partial charge in [0.25, 0.3) is 0 Å². The van der Waals surface area contributed by atoms with Gasteiger partial charge in [-0.15, -0.1) is 0 Å². The van der Waals surface area contributed by atoms with Crippen LogP contribution in [0.1, 0.15) is 17.5 Å². The van der Waals surface area contributed by atoms with Crippen molar-refractivity contribution in [2.45, 2.75) is 6.92 Å². The number of halogens is 4. The predicted octanol–water partition coefficient (Wildman–Crippen LogP) is 3.71. The fourth-order valence-corrected chi connectivity index (χ4v) is 1.45. The van der Waals surface area contributed by atoms with E-state index < -0.39 is 40.4 Å². The average Bonchev–Trinajstić information content (AvgIpc) is 2.76. The number of hydrogen-bond acceptors (Lipinski definition) is 2. The van der Waals surface area contributed by atoms with E-state index in [2.05, 4.69) is 0 Å². The minimum atomic E-state index is -1.57. The van der Waals surface area contributed by atoms with Crippen LogP contribution in [0.4, 0.5) is 17.6 Å². The largest absolute Gasteiger partial charge is 0.453 e. The van der Waals surface area contributed by atoms with Crippen molar-refractivity contribution < 1.29 is 26.8 Å². The lowest BCUT2D eigenvalue weighted by Gasteiger charge is -2.03. The van der Waals surface area contributed by atoms with Gasteiger partial charge >= 0.3 is 0 Å². The third-order valence-corrected chi connectivity index (χ3v) is 2.31. The van der Waals surface area contributed by atoms with Crippen LogP contribution in [0.25, 0.3) is 11.3 Å². The summed E-state index contributed by atoms with van der Waals surface area (Å²) in [7, 11) is 0. The highest BCUT2D eigenvalue weighted by Crippen LogP contribution is 2.30. The molecular weight excluding hydrogens is 252 g/mol. The van der Waals surface area contributed by atoms with Gasteiger partial charge in [-0.05, 0) is 12.1 Å². The number of ketones is 1. The number of carbonyl (C=O) groups excluding carboxylic acids is 1. The topological polar surface area (TPSA) is 30.2 Å². The highest BCUT2D eigenvalue weighted by Gasteiger charge is 2.23. The SMILES string of the molecule is CC(=O)c1ccc(-c2c(F)c(F)cc(F)c2F)o1. The molecule has 2 nitrogen and oxygen atoms in total. The van der Waals surface area contributed by atoms with E-state index in [1.54, 1.807) is 0 Å². The molecule has 0 aliphatic rings. The molecular formula is C12H6F4O2. The van der Waals surface area contributed by atoms with Gasteiger partial charge in [-0.25, -0.2) is 17.6 Å². The zero-order valence-electron chi connectivity index (χ0n) is 9.06. The maximum Gasteiger partial charge on any atom is 0.194 e. The number of rotatable bonds is 2. The van der Waals surface area contributed by atoms with Gasteiger partial charge in [0.05, 0.1) is 5.56 Å². The summed E-state index contributed by atoms with van der Waals surface area (Å²) in [5, 5.41) is 0. The fourth-order valence-electron chi connectivity index (χ4n) is 1.45. The van der Waals surface area contributed by atoms with Crippen LogP contribution < -0.4 is 0 Å². The molecule has 0 fully saturated rings. The van der Waals surface area contributed by atoms with Crippen LogP contribution in [0.2, 0.25) is 0 Å². The second-order valence-electron chi connectivity index (χ2n) is 3.56. The third kappa shape index (κ3) is 1.90. The normalized spacial score (nSPS) is 10.7. The van der Waals surface area contributed by atoms with E-state index in [4.69, 9.17) is 4.42 Å². The maximum absolute atomic E-state index is 13.4. The lowest BCUT2D eigenvalue weighted by atomic mass is 10.1. The molecule has 94 valence electrons. The summed E-state index contributed by atoms with van der Waals surface area (Å²) in [6, 6.07) is 2.33. The van der Waals surface area contributed by atoms with Crippen LogP contribution in [0.3, 0.4) is 0 Å². The molecule has 18 heavy (non-hydrogen) atoms. The first kappa shape index (κ1) is 12.3. The zero-order valence-corrected chi connectivity index (χ0v) is 9.06. The molecule has 0 N–H and O–H groups in total. The van der Waals surface area contributed by atoms with Crippen molar-refractivity contribution in [1.29, 1.82) is 0 Å². The van der Waals surface area contributed by atoms with Crippen molar-refractivity contribution in [2.24, 2.45) is 0 Å². The van der Waals surface area contributed by atoms with Crippen molar-refractivity contribution in [3.63, 3.8) is 0 Å². The van der Waals surface area contributed by atoms with Gasteiger partial charge in [0, 0.05) is 13.0 Å². The molecule has 0 amide bonds. The molecule has 1 heterocycles. The molecule has 0 atom stereocenters. The van der Waals surface area contributed by atoms with E-state index in [9.17, 15) is 22.4 Å². The molecule has 0 saturated heterocycles. The molecule has 1 aromatic heterocycles. The van der Waals surface area contributed by atoms with E-state index in [1.807, 2.05) is 0 Å². The highest BCUT2D eigenvalue weighted by atomic mass is 19.2. The first-order chi connectivity index (χ1) is 8.41. The second-order valence-corrected chi connectivity index (χ2v) is 3.56. The molecule has 6 heteroatoms. The van der Waals surface area contributed by atoms with E-state index in [0.717, 1.165) is 6.07 Å². The van der Waals surface area contributed by atoms with Gasteiger partial charge in [-0.2, -0.15) is 0 Å². The Hall–Kier alpha value is -2.11. The number of hydrogen-bond donors (Lipinski definition) is 0. The predicted molar refractivity (Wildman–Crippen MR) is 54.0 cm³/mol. The minimum Gasteiger partial charge on any atom is -0.453 e. The first-order valence-electron chi connectivity index (χ1n) is 4.86. The number of carbonyl (C=O) groups is 1. The Morgan fingerprint density at radius 2 is 1.61 bits per heavy atom.